The molecule has 1 heterocycles. The van der Waals surface area contributed by atoms with Crippen LogP contribution < -0.4 is 37.6 Å². The Labute approximate surface area is 371 Å². The van der Waals surface area contributed by atoms with Gasteiger partial charge in [-0.05, 0) is 63.1 Å². The van der Waals surface area contributed by atoms with Gasteiger partial charge in [-0.2, -0.15) is 0 Å². The molecule has 18 heteroatoms. The molecule has 2 rings (SSSR count). The lowest BCUT2D eigenvalue weighted by molar-refractivity contribution is -0.159. The highest BCUT2D eigenvalue weighted by Crippen LogP contribution is 2.23. The topological polar surface area (TPSA) is 284 Å². The number of benzene rings is 1. The first-order valence-corrected chi connectivity index (χ1v) is 22.5. The minimum Gasteiger partial charge on any atom is -0.508 e. The van der Waals surface area contributed by atoms with Gasteiger partial charge in [0.2, 0.25) is 41.4 Å². The van der Waals surface area contributed by atoms with Crippen molar-refractivity contribution >= 4 is 47.3 Å². The number of aliphatic hydroxyl groups excluding tert-OH is 1. The van der Waals surface area contributed by atoms with Gasteiger partial charge in [0.15, 0.2) is 0 Å². The van der Waals surface area contributed by atoms with E-state index in [0.717, 1.165) is 38.5 Å². The molecule has 0 spiro atoms. The van der Waals surface area contributed by atoms with Gasteiger partial charge in [-0.15, -0.1) is 0 Å². The zero-order valence-corrected chi connectivity index (χ0v) is 38.1. The lowest BCUT2D eigenvalue weighted by Crippen LogP contribution is -2.60. The predicted octanol–water partition coefficient (Wildman–Crippen LogP) is 2.06. The number of phenolic OH excluding ortho intramolecular Hbond substituents is 1. The minimum absolute atomic E-state index is 0.0390. The summed E-state index contributed by atoms with van der Waals surface area (Å²) in [5.41, 5.74) is 5.90. The van der Waals surface area contributed by atoms with E-state index < -0.39 is 108 Å². The van der Waals surface area contributed by atoms with Crippen molar-refractivity contribution in [2.45, 2.75) is 187 Å². The number of phenols is 1. The van der Waals surface area contributed by atoms with Crippen LogP contribution in [0.5, 0.6) is 5.75 Å². The molecule has 0 saturated carbocycles. The molecule has 0 bridgehead atoms. The Morgan fingerprint density at radius 2 is 1.24 bits per heavy atom. The van der Waals surface area contributed by atoms with Crippen molar-refractivity contribution in [1.82, 2.24) is 31.9 Å². The largest absolute Gasteiger partial charge is 0.508 e. The van der Waals surface area contributed by atoms with Gasteiger partial charge in [0.1, 0.15) is 48.1 Å². The summed E-state index contributed by atoms with van der Waals surface area (Å²) in [5, 5.41) is 35.8. The van der Waals surface area contributed by atoms with E-state index in [1.54, 1.807) is 19.1 Å². The van der Waals surface area contributed by atoms with Gasteiger partial charge >= 0.3 is 5.97 Å². The standard InChI is InChI=1S/C45H73N7O11/c1-8-10-11-12-13-14-15-16-17-27(4)35-25-37(56)51-39(30(7)53)44(61)48-28(5)40(57)47-29(6)41(58)49-33(22-23-36(46)55)42(59)50-34(24-31-18-20-32(54)21-19-31)43(60)52-38(26(3)9-2)45(62)63-35/h18-21,26-30,33-35,38-39,53-54H,8-17,22-25H2,1-7H3,(H2,46,55)(H,47,57)(H,48,61)(H,49,58)(H,50,59)(H,51,56)(H,52,60)/t26-,27+,28-,29+,30+,33-,34+,35-,38-,39+/m0/s1. The van der Waals surface area contributed by atoms with Crippen molar-refractivity contribution in [3.63, 3.8) is 0 Å². The van der Waals surface area contributed by atoms with Crippen LogP contribution >= 0.6 is 0 Å². The second kappa shape index (κ2) is 27.7. The van der Waals surface area contributed by atoms with E-state index >= 15 is 0 Å². The molecule has 1 fully saturated rings. The van der Waals surface area contributed by atoms with Crippen molar-refractivity contribution in [3.05, 3.63) is 29.8 Å². The monoisotopic (exact) mass is 888 g/mol. The number of rotatable bonds is 18. The zero-order valence-electron chi connectivity index (χ0n) is 38.1. The lowest BCUT2D eigenvalue weighted by Gasteiger charge is -2.31. The molecule has 0 radical (unpaired) electrons. The number of carbonyl (C=O) groups is 8. The predicted molar refractivity (Wildman–Crippen MR) is 235 cm³/mol. The highest BCUT2D eigenvalue weighted by Gasteiger charge is 2.37. The summed E-state index contributed by atoms with van der Waals surface area (Å²) < 4.78 is 6.10. The Hall–Kier alpha value is -5.26. The number of hydrogen-bond donors (Lipinski definition) is 9. The molecular formula is C45H73N7O11. The highest BCUT2D eigenvalue weighted by molar-refractivity contribution is 5.97. The summed E-state index contributed by atoms with van der Waals surface area (Å²) in [6, 6.07) is -2.24. The third kappa shape index (κ3) is 19.3. The summed E-state index contributed by atoms with van der Waals surface area (Å²) in [7, 11) is 0. The van der Waals surface area contributed by atoms with Crippen LogP contribution in [0, 0.1) is 11.8 Å². The Kier molecular flexibility index (Phi) is 23.7. The molecule has 1 aliphatic heterocycles. The van der Waals surface area contributed by atoms with Gasteiger partial charge in [-0.25, -0.2) is 4.79 Å². The molecule has 0 aromatic heterocycles. The Bertz CT molecular complexity index is 1670. The van der Waals surface area contributed by atoms with Crippen LogP contribution in [0.3, 0.4) is 0 Å². The van der Waals surface area contributed by atoms with E-state index in [1.807, 2.05) is 13.8 Å². The summed E-state index contributed by atoms with van der Waals surface area (Å²) in [6.07, 6.45) is 5.99. The van der Waals surface area contributed by atoms with Gasteiger partial charge in [0.05, 0.1) is 12.5 Å². The molecular weight excluding hydrogens is 815 g/mol. The summed E-state index contributed by atoms with van der Waals surface area (Å²) in [6.45, 7) is 11.5. The van der Waals surface area contributed by atoms with Gasteiger partial charge in [-0.1, -0.05) is 97.6 Å². The molecule has 1 aliphatic rings. The number of nitrogens with two attached hydrogens (primary N) is 1. The van der Waals surface area contributed by atoms with Gasteiger partial charge in [-0.3, -0.25) is 33.6 Å². The van der Waals surface area contributed by atoms with E-state index in [2.05, 4.69) is 38.8 Å². The van der Waals surface area contributed by atoms with E-state index in [-0.39, 0.29) is 30.9 Å². The molecule has 7 amide bonds. The maximum Gasteiger partial charge on any atom is 0.329 e. The molecule has 354 valence electrons. The van der Waals surface area contributed by atoms with Crippen molar-refractivity contribution in [2.75, 3.05) is 0 Å². The number of ether oxygens (including phenoxy) is 1. The average molecular weight is 888 g/mol. The zero-order chi connectivity index (χ0) is 47.2. The number of primary amides is 1. The SMILES string of the molecule is CCCCCCCCCC[C@@H](C)[C@@H]1CC(=O)N[C@H]([C@@H](C)O)C(=O)N[C@@H](C)C(=O)N[C@H](C)C(=O)N[C@@H](CCC(N)=O)C(=O)N[C@H](Cc2ccc(O)cc2)C(=O)N[C@@H]([C@@H](C)CC)C(=O)O1. The van der Waals surface area contributed by atoms with E-state index in [1.165, 1.54) is 45.7 Å². The molecule has 1 aromatic carbocycles. The lowest BCUT2D eigenvalue weighted by atomic mass is 9.93. The summed E-state index contributed by atoms with van der Waals surface area (Å²) in [5.74, 6) is -7.44. The number of unbranched alkanes of at least 4 members (excludes halogenated alkanes) is 7. The maximum absolute atomic E-state index is 14.3. The van der Waals surface area contributed by atoms with Crippen LogP contribution in [-0.4, -0.2) is 106 Å². The molecule has 18 nitrogen and oxygen atoms in total. The number of hydrogen-bond acceptors (Lipinski definition) is 11. The van der Waals surface area contributed by atoms with Crippen LogP contribution in [0.15, 0.2) is 24.3 Å². The number of nitrogens with one attached hydrogen (secondary N) is 6. The molecule has 10 atom stereocenters. The summed E-state index contributed by atoms with van der Waals surface area (Å²) in [4.78, 5) is 108. The van der Waals surface area contributed by atoms with Crippen molar-refractivity contribution in [2.24, 2.45) is 17.6 Å². The first kappa shape index (κ1) is 53.9. The summed E-state index contributed by atoms with van der Waals surface area (Å²) >= 11 is 0. The molecule has 0 unspecified atom stereocenters. The van der Waals surface area contributed by atoms with Crippen LogP contribution in [0.2, 0.25) is 0 Å². The van der Waals surface area contributed by atoms with Gasteiger partial charge in [0.25, 0.3) is 0 Å². The third-order valence-electron chi connectivity index (χ3n) is 11.5. The Balaban J connectivity index is 2.61. The minimum atomic E-state index is -1.52. The number of esters is 1. The fourth-order valence-electron chi connectivity index (χ4n) is 7.09. The Morgan fingerprint density at radius 3 is 1.81 bits per heavy atom. The number of carbonyl (C=O) groups excluding carboxylic acids is 8. The van der Waals surface area contributed by atoms with Crippen molar-refractivity contribution in [3.8, 4) is 5.75 Å². The van der Waals surface area contributed by atoms with Crippen molar-refractivity contribution < 1.29 is 53.3 Å². The normalized spacial score (nSPS) is 25.3. The Morgan fingerprint density at radius 1 is 0.698 bits per heavy atom. The van der Waals surface area contributed by atoms with E-state index in [4.69, 9.17) is 10.5 Å². The fourth-order valence-corrected chi connectivity index (χ4v) is 7.09. The first-order chi connectivity index (χ1) is 29.8. The highest BCUT2D eigenvalue weighted by atomic mass is 16.5. The van der Waals surface area contributed by atoms with Crippen LogP contribution in [0.4, 0.5) is 0 Å². The fraction of sp³-hybridized carbons (Fsp3) is 0.689. The molecule has 0 aliphatic carbocycles. The molecule has 1 saturated heterocycles. The smallest absolute Gasteiger partial charge is 0.329 e. The molecule has 1 aromatic rings. The van der Waals surface area contributed by atoms with Crippen LogP contribution in [-0.2, 0) is 49.5 Å². The molecule has 63 heavy (non-hydrogen) atoms. The quantitative estimate of drug-likeness (QED) is 0.0760. The maximum atomic E-state index is 14.3. The van der Waals surface area contributed by atoms with Crippen LogP contribution in [0.25, 0.3) is 0 Å². The number of aliphatic hydroxyl groups is 1. The average Bonchev–Trinajstić information content (AvgIpc) is 3.23. The van der Waals surface area contributed by atoms with Gasteiger partial charge in [0, 0.05) is 12.8 Å². The van der Waals surface area contributed by atoms with E-state index in [0.29, 0.717) is 18.4 Å². The molecule has 10 N–H and O–H groups in total. The second-order valence-corrected chi connectivity index (χ2v) is 17.0. The first-order valence-electron chi connectivity index (χ1n) is 22.5. The number of aromatic hydroxyl groups is 1. The van der Waals surface area contributed by atoms with E-state index in [9.17, 15) is 48.6 Å². The number of amides is 7. The van der Waals surface area contributed by atoms with Crippen LogP contribution in [0.1, 0.15) is 138 Å². The number of cyclic esters (lactones) is 1. The third-order valence-corrected chi connectivity index (χ3v) is 11.5. The van der Waals surface area contributed by atoms with Gasteiger partial charge < -0.3 is 52.6 Å². The van der Waals surface area contributed by atoms with Crippen molar-refractivity contribution in [1.29, 1.82) is 0 Å². The second-order valence-electron chi connectivity index (χ2n) is 17.0.